The lowest BCUT2D eigenvalue weighted by atomic mass is 9.62. The molecular weight excluding hydrogens is 366 g/mol. The third-order valence-electron chi connectivity index (χ3n) is 6.35. The van der Waals surface area contributed by atoms with Crippen LogP contribution in [0.2, 0.25) is 0 Å². The molecule has 1 saturated heterocycles. The molecule has 1 saturated carbocycles. The van der Waals surface area contributed by atoms with E-state index in [9.17, 15) is 9.59 Å². The van der Waals surface area contributed by atoms with E-state index in [1.54, 1.807) is 13.3 Å². The molecule has 1 N–H and O–H groups in total. The lowest BCUT2D eigenvalue weighted by Crippen LogP contribution is -2.45. The average Bonchev–Trinajstić information content (AvgIpc) is 3.15. The molecule has 4 rings (SSSR count). The highest BCUT2D eigenvalue weighted by molar-refractivity contribution is 5.84. The van der Waals surface area contributed by atoms with Gasteiger partial charge >= 0.3 is 0 Å². The van der Waals surface area contributed by atoms with Gasteiger partial charge in [-0.3, -0.25) is 14.6 Å². The second-order valence-electron chi connectivity index (χ2n) is 8.11. The number of aromatic nitrogens is 1. The molecule has 2 heterocycles. The standard InChI is InChI=1S/C23H27N3O3/c1-29-19-8-6-17(7-9-19)13-21(27)26-15-20(23(16-26)10-4-11-23)22(28)25-14-18-5-2-3-12-24-18/h2-3,5-9,12,20H,4,10-11,13-16H2,1H3,(H,25,28). The van der Waals surface area contributed by atoms with Crippen molar-refractivity contribution in [1.29, 1.82) is 0 Å². The second-order valence-corrected chi connectivity index (χ2v) is 8.11. The van der Waals surface area contributed by atoms with Gasteiger partial charge in [0.1, 0.15) is 5.75 Å². The molecule has 0 radical (unpaired) electrons. The number of carbonyl (C=O) groups is 2. The summed E-state index contributed by atoms with van der Waals surface area (Å²) < 4.78 is 5.17. The molecule has 2 amide bonds. The number of benzene rings is 1. The number of rotatable bonds is 6. The molecule has 1 aliphatic heterocycles. The van der Waals surface area contributed by atoms with Crippen molar-refractivity contribution >= 4 is 11.8 Å². The van der Waals surface area contributed by atoms with Crippen LogP contribution in [0.1, 0.15) is 30.5 Å². The fraction of sp³-hybridized carbons (Fsp3) is 0.435. The van der Waals surface area contributed by atoms with Gasteiger partial charge in [0.05, 0.1) is 31.7 Å². The molecule has 1 aromatic carbocycles. The lowest BCUT2D eigenvalue weighted by molar-refractivity contribution is -0.130. The zero-order valence-corrected chi connectivity index (χ0v) is 16.8. The normalized spacial score (nSPS) is 19.6. The topological polar surface area (TPSA) is 71.5 Å². The Kier molecular flexibility index (Phi) is 5.51. The van der Waals surface area contributed by atoms with Crippen molar-refractivity contribution in [3.63, 3.8) is 0 Å². The minimum atomic E-state index is -0.139. The van der Waals surface area contributed by atoms with Crippen LogP contribution in [0.15, 0.2) is 48.7 Å². The number of pyridine rings is 1. The molecule has 0 bridgehead atoms. The number of likely N-dealkylation sites (tertiary alicyclic amines) is 1. The smallest absolute Gasteiger partial charge is 0.227 e. The maximum atomic E-state index is 12.9. The van der Waals surface area contributed by atoms with E-state index in [2.05, 4.69) is 10.3 Å². The fourth-order valence-corrected chi connectivity index (χ4v) is 4.49. The third-order valence-corrected chi connectivity index (χ3v) is 6.35. The number of ether oxygens (including phenoxy) is 1. The summed E-state index contributed by atoms with van der Waals surface area (Å²) in [5.74, 6) is 0.761. The summed E-state index contributed by atoms with van der Waals surface area (Å²) in [7, 11) is 1.63. The molecule has 2 aliphatic rings. The Morgan fingerprint density at radius 3 is 2.62 bits per heavy atom. The second kappa shape index (κ2) is 8.23. The van der Waals surface area contributed by atoms with E-state index in [0.29, 0.717) is 26.1 Å². The molecule has 29 heavy (non-hydrogen) atoms. The van der Waals surface area contributed by atoms with E-state index in [4.69, 9.17) is 4.74 Å². The van der Waals surface area contributed by atoms with Crippen molar-refractivity contribution in [3.8, 4) is 5.75 Å². The Balaban J connectivity index is 1.38. The SMILES string of the molecule is COc1ccc(CC(=O)N2CC(C(=O)NCc3ccccn3)C3(CCC3)C2)cc1. The Hall–Kier alpha value is -2.89. The number of hydrogen-bond donors (Lipinski definition) is 1. The molecule has 1 aromatic heterocycles. The molecule has 2 fully saturated rings. The maximum Gasteiger partial charge on any atom is 0.227 e. The summed E-state index contributed by atoms with van der Waals surface area (Å²) in [5, 5.41) is 3.03. The summed E-state index contributed by atoms with van der Waals surface area (Å²) in [6, 6.07) is 13.3. The fourth-order valence-electron chi connectivity index (χ4n) is 4.49. The van der Waals surface area contributed by atoms with Crippen LogP contribution in [-0.2, 0) is 22.6 Å². The van der Waals surface area contributed by atoms with Crippen LogP contribution in [0.5, 0.6) is 5.75 Å². The molecule has 1 atom stereocenters. The Bertz CT molecular complexity index is 863. The van der Waals surface area contributed by atoms with E-state index in [0.717, 1.165) is 36.3 Å². The average molecular weight is 393 g/mol. The van der Waals surface area contributed by atoms with Crippen molar-refractivity contribution in [3.05, 3.63) is 59.9 Å². The number of nitrogens with zero attached hydrogens (tertiary/aromatic N) is 2. The van der Waals surface area contributed by atoms with E-state index in [-0.39, 0.29) is 23.1 Å². The molecule has 1 aliphatic carbocycles. The first-order valence-electron chi connectivity index (χ1n) is 10.2. The number of methoxy groups -OCH3 is 1. The molecule has 6 heteroatoms. The van der Waals surface area contributed by atoms with Gasteiger partial charge in [-0.1, -0.05) is 24.6 Å². The van der Waals surface area contributed by atoms with Gasteiger partial charge in [-0.25, -0.2) is 0 Å². The molecule has 1 spiro atoms. The highest BCUT2D eigenvalue weighted by Crippen LogP contribution is 2.51. The summed E-state index contributed by atoms with van der Waals surface area (Å²) >= 11 is 0. The number of nitrogens with one attached hydrogen (secondary N) is 1. The first-order chi connectivity index (χ1) is 14.1. The zero-order valence-electron chi connectivity index (χ0n) is 16.8. The first-order valence-corrected chi connectivity index (χ1v) is 10.2. The molecule has 2 aromatic rings. The van der Waals surface area contributed by atoms with Gasteiger partial charge < -0.3 is 15.0 Å². The van der Waals surface area contributed by atoms with Crippen molar-refractivity contribution in [2.45, 2.75) is 32.2 Å². The lowest BCUT2D eigenvalue weighted by Gasteiger charge is -2.41. The first kappa shape index (κ1) is 19.4. The number of carbonyl (C=O) groups excluding carboxylic acids is 2. The van der Waals surface area contributed by atoms with Crippen molar-refractivity contribution in [2.75, 3.05) is 20.2 Å². The van der Waals surface area contributed by atoms with Crippen LogP contribution < -0.4 is 10.1 Å². The highest BCUT2D eigenvalue weighted by Gasteiger charge is 2.54. The minimum Gasteiger partial charge on any atom is -0.497 e. The molecular formula is C23H27N3O3. The quantitative estimate of drug-likeness (QED) is 0.819. The number of amides is 2. The minimum absolute atomic E-state index is 0.0371. The molecule has 152 valence electrons. The van der Waals surface area contributed by atoms with Crippen molar-refractivity contribution < 1.29 is 14.3 Å². The number of hydrogen-bond acceptors (Lipinski definition) is 4. The third kappa shape index (κ3) is 4.11. The largest absolute Gasteiger partial charge is 0.497 e. The van der Waals surface area contributed by atoms with Crippen molar-refractivity contribution in [2.24, 2.45) is 11.3 Å². The van der Waals surface area contributed by atoms with E-state index in [1.807, 2.05) is 47.4 Å². The van der Waals surface area contributed by atoms with Gasteiger partial charge in [0.25, 0.3) is 0 Å². The van der Waals surface area contributed by atoms with Gasteiger partial charge in [0.15, 0.2) is 0 Å². The van der Waals surface area contributed by atoms with E-state index < -0.39 is 0 Å². The van der Waals surface area contributed by atoms with Gasteiger partial charge in [-0.15, -0.1) is 0 Å². The van der Waals surface area contributed by atoms with Crippen LogP contribution >= 0.6 is 0 Å². The highest BCUT2D eigenvalue weighted by atomic mass is 16.5. The Morgan fingerprint density at radius 1 is 1.21 bits per heavy atom. The van der Waals surface area contributed by atoms with E-state index >= 15 is 0 Å². The predicted molar refractivity (Wildman–Crippen MR) is 109 cm³/mol. The van der Waals surface area contributed by atoms with Crippen LogP contribution in [0.25, 0.3) is 0 Å². The van der Waals surface area contributed by atoms with E-state index in [1.165, 1.54) is 0 Å². The van der Waals surface area contributed by atoms with Crippen LogP contribution in [0, 0.1) is 11.3 Å². The predicted octanol–water partition coefficient (Wildman–Crippen LogP) is 2.58. The summed E-state index contributed by atoms with van der Waals surface area (Å²) in [4.78, 5) is 32.0. The summed E-state index contributed by atoms with van der Waals surface area (Å²) in [6.45, 7) is 1.61. The zero-order chi connectivity index (χ0) is 20.3. The maximum absolute atomic E-state index is 12.9. The molecule has 1 unspecified atom stereocenters. The van der Waals surface area contributed by atoms with Crippen molar-refractivity contribution in [1.82, 2.24) is 15.2 Å². The molecule has 6 nitrogen and oxygen atoms in total. The van der Waals surface area contributed by atoms with Gasteiger partial charge in [-0.05, 0) is 42.7 Å². The Labute approximate surface area is 171 Å². The summed E-state index contributed by atoms with van der Waals surface area (Å²) in [6.07, 6.45) is 5.24. The van der Waals surface area contributed by atoms with Gasteiger partial charge in [0, 0.05) is 24.7 Å². The summed E-state index contributed by atoms with van der Waals surface area (Å²) in [5.41, 5.74) is 1.75. The van der Waals surface area contributed by atoms with Crippen LogP contribution in [0.3, 0.4) is 0 Å². The monoisotopic (exact) mass is 393 g/mol. The Morgan fingerprint density at radius 2 is 2.00 bits per heavy atom. The van der Waals surface area contributed by atoms with Crippen LogP contribution in [0.4, 0.5) is 0 Å². The van der Waals surface area contributed by atoms with Crippen LogP contribution in [-0.4, -0.2) is 41.9 Å². The van der Waals surface area contributed by atoms with Gasteiger partial charge in [-0.2, -0.15) is 0 Å². The van der Waals surface area contributed by atoms with Gasteiger partial charge in [0.2, 0.25) is 11.8 Å².